The Morgan fingerprint density at radius 3 is 2.35 bits per heavy atom. The van der Waals surface area contributed by atoms with Crippen molar-refractivity contribution in [2.75, 3.05) is 6.61 Å². The molecule has 1 aliphatic heterocycles. The predicted molar refractivity (Wildman–Crippen MR) is 76.5 cm³/mol. The molecule has 1 aromatic carbocycles. The van der Waals surface area contributed by atoms with Crippen LogP contribution in [-0.4, -0.2) is 15.4 Å². The molecule has 0 spiro atoms. The highest BCUT2D eigenvalue weighted by atomic mass is 28.3. The van der Waals surface area contributed by atoms with Crippen molar-refractivity contribution in [3.8, 4) is 5.75 Å². The molecule has 0 saturated heterocycles. The first-order valence-electron chi connectivity index (χ1n) is 6.13. The number of hydrogen-bond donors (Lipinski definition) is 0. The van der Waals surface area contributed by atoms with Gasteiger partial charge in [-0.3, -0.25) is 0 Å². The highest BCUT2D eigenvalue weighted by Crippen LogP contribution is 2.17. The van der Waals surface area contributed by atoms with Gasteiger partial charge in [-0.25, -0.2) is 0 Å². The Bertz CT molecular complexity index is 428. The average Bonchev–Trinajstić information content (AvgIpc) is 2.79. The second-order valence-corrected chi connectivity index (χ2v) is 8.13. The number of ether oxygens (including phenoxy) is 1. The lowest BCUT2D eigenvalue weighted by atomic mass is 9.99. The summed E-state index contributed by atoms with van der Waals surface area (Å²) in [6.07, 6.45) is 4.30. The monoisotopic (exact) mass is 244 g/mol. The molecule has 1 heterocycles. The molecule has 0 saturated carbocycles. The summed E-state index contributed by atoms with van der Waals surface area (Å²) in [4.78, 5) is 0. The topological polar surface area (TPSA) is 9.23 Å². The van der Waals surface area contributed by atoms with E-state index in [2.05, 4.69) is 68.6 Å². The van der Waals surface area contributed by atoms with Crippen molar-refractivity contribution in [1.29, 1.82) is 0 Å². The van der Waals surface area contributed by atoms with Crippen molar-refractivity contribution in [3.63, 3.8) is 0 Å². The zero-order chi connectivity index (χ0) is 12.3. The fourth-order valence-electron chi connectivity index (χ4n) is 1.82. The highest BCUT2D eigenvalue weighted by molar-refractivity contribution is 6.83. The van der Waals surface area contributed by atoms with E-state index in [1.807, 2.05) is 0 Å². The Labute approximate surface area is 105 Å². The van der Waals surface area contributed by atoms with E-state index in [0.717, 1.165) is 12.4 Å². The third-order valence-corrected chi connectivity index (χ3v) is 5.16. The summed E-state index contributed by atoms with van der Waals surface area (Å²) >= 11 is 0. The van der Waals surface area contributed by atoms with E-state index in [9.17, 15) is 0 Å². The van der Waals surface area contributed by atoms with Crippen LogP contribution in [-0.2, 0) is 0 Å². The molecule has 1 nitrogen and oxygen atoms in total. The third-order valence-electron chi connectivity index (χ3n) is 2.69. The molecule has 2 rings (SSSR count). The maximum absolute atomic E-state index is 5.98. The Kier molecular flexibility index (Phi) is 3.53. The Hall–Kier alpha value is -1.28. The first-order valence-corrected chi connectivity index (χ1v) is 8.04. The first-order chi connectivity index (χ1) is 8.06. The van der Waals surface area contributed by atoms with E-state index in [-0.39, 0.29) is 5.41 Å². The minimum atomic E-state index is -1.05. The summed E-state index contributed by atoms with van der Waals surface area (Å²) in [5.74, 6) is 1.07. The minimum Gasteiger partial charge on any atom is -0.493 e. The second-order valence-electron chi connectivity index (χ2n) is 5.68. The van der Waals surface area contributed by atoms with Crippen LogP contribution in [0.1, 0.15) is 20.8 Å². The largest absolute Gasteiger partial charge is 0.493 e. The molecule has 0 atom stereocenters. The summed E-state index contributed by atoms with van der Waals surface area (Å²) in [5, 5.41) is 1.39. The number of benzene rings is 1. The summed E-state index contributed by atoms with van der Waals surface area (Å²) in [7, 11) is -1.05. The summed E-state index contributed by atoms with van der Waals surface area (Å²) in [6.45, 7) is 7.35. The van der Waals surface area contributed by atoms with Crippen molar-refractivity contribution in [1.82, 2.24) is 0 Å². The van der Waals surface area contributed by atoms with Crippen molar-refractivity contribution in [3.05, 3.63) is 47.8 Å². The number of hydrogen-bond acceptors (Lipinski definition) is 1. The van der Waals surface area contributed by atoms with Gasteiger partial charge in [-0.1, -0.05) is 62.5 Å². The molecule has 1 aromatic rings. The fourth-order valence-corrected chi connectivity index (χ4v) is 3.94. The lowest BCUT2D eigenvalue weighted by Crippen LogP contribution is -2.28. The molecule has 1 aliphatic rings. The van der Waals surface area contributed by atoms with Crippen LogP contribution >= 0.6 is 0 Å². The van der Waals surface area contributed by atoms with Gasteiger partial charge in [0.25, 0.3) is 0 Å². The van der Waals surface area contributed by atoms with Crippen LogP contribution in [0.2, 0.25) is 0 Å². The Balaban J connectivity index is 2.16. The predicted octanol–water partition coefficient (Wildman–Crippen LogP) is 2.75. The molecule has 90 valence electrons. The molecule has 0 bridgehead atoms. The van der Waals surface area contributed by atoms with Gasteiger partial charge in [0, 0.05) is 0 Å². The minimum absolute atomic E-state index is 0.204. The van der Waals surface area contributed by atoms with Crippen molar-refractivity contribution in [2.45, 2.75) is 20.8 Å². The highest BCUT2D eigenvalue weighted by Gasteiger charge is 2.16. The van der Waals surface area contributed by atoms with Gasteiger partial charge in [-0.05, 0) is 16.7 Å². The SMILES string of the molecule is CC(C)(C)COc1ccccc1[SiH]1C=CC=C1. The van der Waals surface area contributed by atoms with Gasteiger partial charge in [0.1, 0.15) is 14.5 Å². The average molecular weight is 244 g/mol. The van der Waals surface area contributed by atoms with Crippen LogP contribution in [0.4, 0.5) is 0 Å². The van der Waals surface area contributed by atoms with E-state index in [4.69, 9.17) is 4.74 Å². The number of allylic oxidation sites excluding steroid dienone is 2. The van der Waals surface area contributed by atoms with Gasteiger partial charge in [0.05, 0.1) is 6.61 Å². The smallest absolute Gasteiger partial charge is 0.122 e. The third kappa shape index (κ3) is 3.33. The van der Waals surface area contributed by atoms with Crippen LogP contribution < -0.4 is 9.92 Å². The van der Waals surface area contributed by atoms with Crippen molar-refractivity contribution in [2.24, 2.45) is 5.41 Å². The van der Waals surface area contributed by atoms with Gasteiger partial charge in [-0.2, -0.15) is 0 Å². The van der Waals surface area contributed by atoms with Gasteiger partial charge in [0.15, 0.2) is 0 Å². The molecule has 0 amide bonds. The van der Waals surface area contributed by atoms with Crippen molar-refractivity contribution >= 4 is 14.0 Å². The summed E-state index contributed by atoms with van der Waals surface area (Å²) < 4.78 is 5.98. The fraction of sp³-hybridized carbons (Fsp3) is 0.333. The lowest BCUT2D eigenvalue weighted by Gasteiger charge is -2.21. The second kappa shape index (κ2) is 4.92. The summed E-state index contributed by atoms with van der Waals surface area (Å²) in [5.41, 5.74) is 4.87. The summed E-state index contributed by atoms with van der Waals surface area (Å²) in [6, 6.07) is 8.45. The van der Waals surface area contributed by atoms with Crippen LogP contribution in [0.3, 0.4) is 0 Å². The Morgan fingerprint density at radius 2 is 1.71 bits per heavy atom. The van der Waals surface area contributed by atoms with E-state index in [0.29, 0.717) is 0 Å². The first kappa shape index (κ1) is 12.2. The number of para-hydroxylation sites is 1. The number of rotatable bonds is 3. The van der Waals surface area contributed by atoms with Crippen LogP contribution in [0.25, 0.3) is 0 Å². The van der Waals surface area contributed by atoms with E-state index >= 15 is 0 Å². The van der Waals surface area contributed by atoms with Gasteiger partial charge in [-0.15, -0.1) is 0 Å². The van der Waals surface area contributed by atoms with E-state index < -0.39 is 8.80 Å². The molecule has 2 heteroatoms. The molecule has 0 unspecified atom stereocenters. The van der Waals surface area contributed by atoms with Crippen LogP contribution in [0, 0.1) is 5.41 Å². The molecule has 0 aromatic heterocycles. The van der Waals surface area contributed by atoms with Gasteiger partial charge < -0.3 is 4.74 Å². The van der Waals surface area contributed by atoms with Gasteiger partial charge >= 0.3 is 0 Å². The van der Waals surface area contributed by atoms with Gasteiger partial charge in [0.2, 0.25) is 0 Å². The molecule has 0 radical (unpaired) electrons. The maximum Gasteiger partial charge on any atom is 0.122 e. The molecule has 0 N–H and O–H groups in total. The molecule has 0 fully saturated rings. The molecular formula is C15H20OSi. The Morgan fingerprint density at radius 1 is 1.06 bits per heavy atom. The zero-order valence-electron chi connectivity index (χ0n) is 10.8. The van der Waals surface area contributed by atoms with E-state index in [1.165, 1.54) is 5.19 Å². The van der Waals surface area contributed by atoms with Crippen LogP contribution in [0.15, 0.2) is 47.8 Å². The quantitative estimate of drug-likeness (QED) is 0.743. The maximum atomic E-state index is 5.98. The standard InChI is InChI=1S/C15H20OSi/c1-15(2,3)12-16-13-8-4-5-9-14(13)17-10-6-7-11-17/h4-11,17H,12H2,1-3H3. The molecular weight excluding hydrogens is 224 g/mol. The normalized spacial score (nSPS) is 15.5. The molecule has 0 aliphatic carbocycles. The molecule has 17 heavy (non-hydrogen) atoms. The lowest BCUT2D eigenvalue weighted by molar-refractivity contribution is 0.199. The van der Waals surface area contributed by atoms with E-state index in [1.54, 1.807) is 0 Å². The van der Waals surface area contributed by atoms with Crippen molar-refractivity contribution < 1.29 is 4.74 Å². The zero-order valence-corrected chi connectivity index (χ0v) is 12.0. The van der Waals surface area contributed by atoms with Crippen LogP contribution in [0.5, 0.6) is 5.75 Å².